The molecule has 1 fully saturated rings. The molecule has 4 atom stereocenters. The molecule has 0 heterocycles. The van der Waals surface area contributed by atoms with Crippen molar-refractivity contribution in [2.45, 2.75) is 39.7 Å². The molecule has 1 aliphatic carbocycles. The van der Waals surface area contributed by atoms with Crippen molar-refractivity contribution in [2.75, 3.05) is 6.54 Å². The summed E-state index contributed by atoms with van der Waals surface area (Å²) in [6.45, 7) is 5.83. The number of carbonyl (C=O) groups is 3. The monoisotopic (exact) mass is 270 g/mol. The molecule has 1 saturated carbocycles. The largest absolute Gasteiger partial charge is 0.481 e. The number of nitrogens with one attached hydrogen (secondary N) is 2. The van der Waals surface area contributed by atoms with Crippen LogP contribution in [0.25, 0.3) is 0 Å². The van der Waals surface area contributed by atoms with Crippen molar-refractivity contribution in [1.82, 2.24) is 10.6 Å². The molecule has 6 nitrogen and oxygen atoms in total. The fourth-order valence-electron chi connectivity index (χ4n) is 2.57. The summed E-state index contributed by atoms with van der Waals surface area (Å²) in [4.78, 5) is 34.7. The number of hydrogen-bond acceptors (Lipinski definition) is 3. The number of aliphatic carboxylic acids is 1. The lowest BCUT2D eigenvalue weighted by atomic mass is 9.95. The molecule has 0 saturated heterocycles. The highest BCUT2D eigenvalue weighted by molar-refractivity contribution is 5.90. The van der Waals surface area contributed by atoms with Crippen molar-refractivity contribution < 1.29 is 19.5 Å². The van der Waals surface area contributed by atoms with Crippen LogP contribution in [0.2, 0.25) is 0 Å². The molecular formula is C13H22N2O4. The van der Waals surface area contributed by atoms with E-state index in [2.05, 4.69) is 10.6 Å². The van der Waals surface area contributed by atoms with Gasteiger partial charge in [0.15, 0.2) is 0 Å². The van der Waals surface area contributed by atoms with Gasteiger partial charge in [0.25, 0.3) is 0 Å². The average Bonchev–Trinajstić information content (AvgIpc) is 2.71. The fraction of sp³-hybridized carbons (Fsp3) is 0.769. The number of hydrogen-bond donors (Lipinski definition) is 3. The van der Waals surface area contributed by atoms with E-state index in [1.165, 1.54) is 0 Å². The van der Waals surface area contributed by atoms with Gasteiger partial charge < -0.3 is 15.7 Å². The first-order valence-electron chi connectivity index (χ1n) is 6.67. The van der Waals surface area contributed by atoms with E-state index < -0.39 is 23.8 Å². The van der Waals surface area contributed by atoms with E-state index in [-0.39, 0.29) is 17.7 Å². The van der Waals surface area contributed by atoms with Gasteiger partial charge in [-0.3, -0.25) is 14.4 Å². The van der Waals surface area contributed by atoms with Crippen LogP contribution in [0.3, 0.4) is 0 Å². The summed E-state index contributed by atoms with van der Waals surface area (Å²) >= 11 is 0. The van der Waals surface area contributed by atoms with Crippen LogP contribution in [0.1, 0.15) is 33.6 Å². The van der Waals surface area contributed by atoms with Crippen LogP contribution in [-0.4, -0.2) is 35.5 Å². The third-order valence-electron chi connectivity index (χ3n) is 3.56. The Balaban J connectivity index is 2.62. The lowest BCUT2D eigenvalue weighted by Crippen LogP contribution is -2.47. The Morgan fingerprint density at radius 2 is 1.84 bits per heavy atom. The molecule has 0 aliphatic heterocycles. The van der Waals surface area contributed by atoms with Gasteiger partial charge in [0.2, 0.25) is 11.8 Å². The van der Waals surface area contributed by atoms with Gasteiger partial charge in [0.1, 0.15) is 6.04 Å². The summed E-state index contributed by atoms with van der Waals surface area (Å²) in [5.41, 5.74) is 0. The predicted octanol–water partition coefficient (Wildman–Crippen LogP) is 0.374. The van der Waals surface area contributed by atoms with Gasteiger partial charge in [0.05, 0.1) is 11.8 Å². The summed E-state index contributed by atoms with van der Waals surface area (Å²) in [6.07, 6.45) is 1.08. The van der Waals surface area contributed by atoms with Gasteiger partial charge in [-0.1, -0.05) is 6.92 Å². The Labute approximate surface area is 112 Å². The van der Waals surface area contributed by atoms with E-state index in [9.17, 15) is 14.4 Å². The molecule has 0 aromatic rings. The Kier molecular flexibility index (Phi) is 5.32. The number of rotatable bonds is 5. The first-order chi connectivity index (χ1) is 8.86. The van der Waals surface area contributed by atoms with Gasteiger partial charge in [-0.15, -0.1) is 0 Å². The molecule has 3 N–H and O–H groups in total. The highest BCUT2D eigenvalue weighted by atomic mass is 16.4. The zero-order valence-electron chi connectivity index (χ0n) is 11.6. The van der Waals surface area contributed by atoms with E-state index in [4.69, 9.17) is 5.11 Å². The Hall–Kier alpha value is -1.59. The smallest absolute Gasteiger partial charge is 0.307 e. The summed E-state index contributed by atoms with van der Waals surface area (Å²) in [5.74, 6) is -2.49. The first-order valence-corrected chi connectivity index (χ1v) is 6.67. The van der Waals surface area contributed by atoms with E-state index in [0.717, 1.165) is 0 Å². The number of likely N-dealkylation sites (N-methyl/N-ethyl adjacent to an activating group) is 1. The molecule has 108 valence electrons. The molecule has 1 aliphatic rings. The topological polar surface area (TPSA) is 95.5 Å². The van der Waals surface area contributed by atoms with Crippen molar-refractivity contribution in [1.29, 1.82) is 0 Å². The molecule has 0 spiro atoms. The summed E-state index contributed by atoms with van der Waals surface area (Å²) in [7, 11) is 0. The Morgan fingerprint density at radius 3 is 2.37 bits per heavy atom. The molecule has 0 aromatic heterocycles. The molecular weight excluding hydrogens is 248 g/mol. The molecule has 0 radical (unpaired) electrons. The van der Waals surface area contributed by atoms with Gasteiger partial charge in [-0.2, -0.15) is 0 Å². The van der Waals surface area contributed by atoms with Crippen LogP contribution in [0.15, 0.2) is 0 Å². The van der Waals surface area contributed by atoms with Gasteiger partial charge in [-0.25, -0.2) is 0 Å². The predicted molar refractivity (Wildman–Crippen MR) is 69.3 cm³/mol. The SMILES string of the molecule is CCNC(=O)C(C)NC(=O)C1CC(C)CC1C(=O)O. The van der Waals surface area contributed by atoms with E-state index in [1.807, 2.05) is 6.92 Å². The number of carbonyl (C=O) groups excluding carboxylic acids is 2. The van der Waals surface area contributed by atoms with Crippen LogP contribution in [0.5, 0.6) is 0 Å². The van der Waals surface area contributed by atoms with Crippen molar-refractivity contribution in [2.24, 2.45) is 17.8 Å². The lowest BCUT2D eigenvalue weighted by Gasteiger charge is -2.19. The highest BCUT2D eigenvalue weighted by Gasteiger charge is 2.41. The first kappa shape index (κ1) is 15.5. The molecule has 2 amide bonds. The van der Waals surface area contributed by atoms with Gasteiger partial charge in [0, 0.05) is 6.54 Å². The average molecular weight is 270 g/mol. The molecule has 4 unspecified atom stereocenters. The van der Waals surface area contributed by atoms with Crippen LogP contribution in [0, 0.1) is 17.8 Å². The van der Waals surface area contributed by atoms with Gasteiger partial charge in [-0.05, 0) is 32.6 Å². The molecule has 0 bridgehead atoms. The summed E-state index contributed by atoms with van der Waals surface area (Å²) in [6, 6.07) is -0.641. The van der Waals surface area contributed by atoms with E-state index in [1.54, 1.807) is 13.8 Å². The minimum absolute atomic E-state index is 0.219. The second kappa shape index (κ2) is 6.54. The van der Waals surface area contributed by atoms with Crippen LogP contribution in [-0.2, 0) is 14.4 Å². The summed E-state index contributed by atoms with van der Waals surface area (Å²) in [5, 5.41) is 14.3. The molecule has 6 heteroatoms. The molecule has 1 rings (SSSR count). The van der Waals surface area contributed by atoms with Crippen LogP contribution in [0.4, 0.5) is 0 Å². The number of carboxylic acid groups (broad SMARTS) is 1. The molecule has 19 heavy (non-hydrogen) atoms. The third kappa shape index (κ3) is 3.94. The minimum atomic E-state index is -0.935. The van der Waals surface area contributed by atoms with Crippen molar-refractivity contribution in [3.05, 3.63) is 0 Å². The third-order valence-corrected chi connectivity index (χ3v) is 3.56. The van der Waals surface area contributed by atoms with E-state index in [0.29, 0.717) is 19.4 Å². The maximum absolute atomic E-state index is 12.1. The van der Waals surface area contributed by atoms with Gasteiger partial charge >= 0.3 is 5.97 Å². The maximum Gasteiger partial charge on any atom is 0.307 e. The quantitative estimate of drug-likeness (QED) is 0.672. The van der Waals surface area contributed by atoms with E-state index >= 15 is 0 Å². The van der Waals surface area contributed by atoms with Crippen molar-refractivity contribution in [3.8, 4) is 0 Å². The van der Waals surface area contributed by atoms with Crippen molar-refractivity contribution in [3.63, 3.8) is 0 Å². The highest BCUT2D eigenvalue weighted by Crippen LogP contribution is 2.36. The lowest BCUT2D eigenvalue weighted by molar-refractivity contribution is -0.146. The van der Waals surface area contributed by atoms with Crippen LogP contribution >= 0.6 is 0 Å². The second-order valence-corrected chi connectivity index (χ2v) is 5.25. The summed E-state index contributed by atoms with van der Waals surface area (Å²) < 4.78 is 0. The minimum Gasteiger partial charge on any atom is -0.481 e. The number of carboxylic acids is 1. The number of amides is 2. The zero-order chi connectivity index (χ0) is 14.6. The zero-order valence-corrected chi connectivity index (χ0v) is 11.6. The van der Waals surface area contributed by atoms with Crippen LogP contribution < -0.4 is 10.6 Å². The Bertz CT molecular complexity index is 370. The normalized spacial score (nSPS) is 27.6. The fourth-order valence-corrected chi connectivity index (χ4v) is 2.57. The Morgan fingerprint density at radius 1 is 1.26 bits per heavy atom. The van der Waals surface area contributed by atoms with Crippen molar-refractivity contribution >= 4 is 17.8 Å². The second-order valence-electron chi connectivity index (χ2n) is 5.25. The maximum atomic E-state index is 12.1. The standard InChI is InChI=1S/C13H22N2O4/c1-4-14-11(16)8(3)15-12(17)9-5-7(2)6-10(9)13(18)19/h7-10H,4-6H2,1-3H3,(H,14,16)(H,15,17)(H,18,19). The molecule has 0 aromatic carbocycles.